The van der Waals surface area contributed by atoms with E-state index < -0.39 is 0 Å². The van der Waals surface area contributed by atoms with Crippen LogP contribution in [0.1, 0.15) is 5.56 Å². The van der Waals surface area contributed by atoms with Crippen molar-refractivity contribution in [3.63, 3.8) is 0 Å². The molecule has 4 heteroatoms. The first-order chi connectivity index (χ1) is 8.34. The Morgan fingerprint density at radius 1 is 1.24 bits per heavy atom. The number of aromatic nitrogens is 3. The van der Waals surface area contributed by atoms with E-state index in [-0.39, 0.29) is 0 Å². The highest BCUT2D eigenvalue weighted by atomic mass is 32.1. The topological polar surface area (TPSA) is 33.6 Å². The minimum Gasteiger partial charge on any atom is -0.337 e. The van der Waals surface area contributed by atoms with Gasteiger partial charge in [-0.2, -0.15) is 0 Å². The second kappa shape index (κ2) is 4.14. The van der Waals surface area contributed by atoms with Crippen LogP contribution in [-0.2, 0) is 6.54 Å². The number of imidazole rings is 1. The molecule has 84 valence electrons. The van der Waals surface area contributed by atoms with Gasteiger partial charge in [-0.05, 0) is 23.8 Å². The van der Waals surface area contributed by atoms with Crippen LogP contribution < -0.4 is 0 Å². The molecule has 2 heterocycles. The molecule has 1 aromatic carbocycles. The van der Waals surface area contributed by atoms with Crippen LogP contribution in [0.5, 0.6) is 0 Å². The van der Waals surface area contributed by atoms with Gasteiger partial charge in [-0.1, -0.05) is 24.3 Å². The van der Waals surface area contributed by atoms with E-state index in [2.05, 4.69) is 34.2 Å². The zero-order valence-electron chi connectivity index (χ0n) is 9.13. The summed E-state index contributed by atoms with van der Waals surface area (Å²) in [4.78, 5) is 7.43. The second-order valence-corrected chi connectivity index (χ2v) is 4.27. The van der Waals surface area contributed by atoms with E-state index >= 15 is 0 Å². The van der Waals surface area contributed by atoms with E-state index in [0.717, 1.165) is 22.2 Å². The Bertz CT molecular complexity index is 706. The van der Waals surface area contributed by atoms with Crippen LogP contribution in [0.2, 0.25) is 0 Å². The molecular weight excluding hydrogens is 230 g/mol. The van der Waals surface area contributed by atoms with Gasteiger partial charge in [0.05, 0.1) is 12.1 Å². The van der Waals surface area contributed by atoms with Crippen LogP contribution in [0.4, 0.5) is 0 Å². The van der Waals surface area contributed by atoms with Gasteiger partial charge in [0.2, 0.25) is 0 Å². The van der Waals surface area contributed by atoms with Crippen LogP contribution in [0.15, 0.2) is 48.9 Å². The number of pyridine rings is 1. The van der Waals surface area contributed by atoms with Crippen molar-refractivity contribution >= 4 is 23.1 Å². The average molecular weight is 241 g/mol. The number of hydrogen-bond donors (Lipinski definition) is 1. The van der Waals surface area contributed by atoms with Gasteiger partial charge in [-0.15, -0.1) is 0 Å². The molecule has 0 saturated heterocycles. The van der Waals surface area contributed by atoms with Gasteiger partial charge >= 0.3 is 0 Å². The number of fused-ring (bicyclic) bond motifs is 1. The molecule has 0 bridgehead atoms. The van der Waals surface area contributed by atoms with Crippen molar-refractivity contribution in [2.75, 3.05) is 0 Å². The van der Waals surface area contributed by atoms with Gasteiger partial charge in [0.1, 0.15) is 0 Å². The van der Waals surface area contributed by atoms with Crippen LogP contribution in [0.25, 0.3) is 10.9 Å². The van der Waals surface area contributed by atoms with Gasteiger partial charge in [-0.3, -0.25) is 4.98 Å². The predicted octanol–water partition coefficient (Wildman–Crippen LogP) is 3.14. The van der Waals surface area contributed by atoms with Gasteiger partial charge in [-0.25, -0.2) is 0 Å². The van der Waals surface area contributed by atoms with E-state index in [0.29, 0.717) is 0 Å². The fourth-order valence-electron chi connectivity index (χ4n) is 1.95. The minimum atomic E-state index is 0.734. The maximum absolute atomic E-state index is 5.19. The maximum atomic E-state index is 5.19. The highest BCUT2D eigenvalue weighted by molar-refractivity contribution is 7.71. The summed E-state index contributed by atoms with van der Waals surface area (Å²) in [5.41, 5.74) is 2.22. The summed E-state index contributed by atoms with van der Waals surface area (Å²) in [5.74, 6) is 0. The molecule has 3 nitrogen and oxygen atoms in total. The first kappa shape index (κ1) is 10.2. The minimum absolute atomic E-state index is 0.734. The summed E-state index contributed by atoms with van der Waals surface area (Å²) in [7, 11) is 0. The molecule has 0 fully saturated rings. The molecule has 0 atom stereocenters. The fourth-order valence-corrected chi connectivity index (χ4v) is 2.15. The van der Waals surface area contributed by atoms with E-state index in [1.807, 2.05) is 29.2 Å². The summed E-state index contributed by atoms with van der Waals surface area (Å²) in [6.45, 7) is 0.747. The second-order valence-electron chi connectivity index (χ2n) is 3.89. The Balaban J connectivity index is 2.12. The Hall–Kier alpha value is -1.94. The number of para-hydroxylation sites is 1. The summed E-state index contributed by atoms with van der Waals surface area (Å²) in [6, 6.07) is 10.2. The molecule has 0 aliphatic rings. The first-order valence-electron chi connectivity index (χ1n) is 5.41. The van der Waals surface area contributed by atoms with E-state index in [4.69, 9.17) is 12.2 Å². The number of rotatable bonds is 2. The molecule has 0 aliphatic carbocycles. The molecule has 0 radical (unpaired) electrons. The normalized spacial score (nSPS) is 10.8. The number of benzene rings is 1. The number of nitrogens with zero attached hydrogens (tertiary/aromatic N) is 2. The fraction of sp³-hybridized carbons (Fsp3) is 0.0769. The van der Waals surface area contributed by atoms with Crippen molar-refractivity contribution in [3.05, 3.63) is 59.3 Å². The number of H-pyrrole nitrogens is 1. The summed E-state index contributed by atoms with van der Waals surface area (Å²) in [5, 5.41) is 1.16. The van der Waals surface area contributed by atoms with Crippen molar-refractivity contribution < 1.29 is 0 Å². The summed E-state index contributed by atoms with van der Waals surface area (Å²) in [6.07, 6.45) is 5.62. The first-order valence-corrected chi connectivity index (χ1v) is 5.82. The molecule has 1 N–H and O–H groups in total. The molecule has 0 aliphatic heterocycles. The van der Waals surface area contributed by atoms with Crippen molar-refractivity contribution in [3.8, 4) is 0 Å². The van der Waals surface area contributed by atoms with Crippen LogP contribution in [0.3, 0.4) is 0 Å². The molecule has 3 rings (SSSR count). The highest BCUT2D eigenvalue weighted by Crippen LogP contribution is 2.16. The third-order valence-corrected chi connectivity index (χ3v) is 3.13. The Morgan fingerprint density at radius 3 is 2.94 bits per heavy atom. The SMILES string of the molecule is S=c1[nH]ccn1Cc1cccc2cccnc12. The average Bonchev–Trinajstić information content (AvgIpc) is 2.76. The third kappa shape index (κ3) is 1.87. The zero-order chi connectivity index (χ0) is 11.7. The number of aromatic amines is 1. The van der Waals surface area contributed by atoms with Crippen LogP contribution in [0, 0.1) is 4.77 Å². The molecule has 0 spiro atoms. The van der Waals surface area contributed by atoms with Gasteiger partial charge < -0.3 is 9.55 Å². The standard InChI is InChI=1S/C13H11N3S/c17-13-15-7-8-16(13)9-11-4-1-3-10-5-2-6-14-12(10)11/h1-8H,9H2,(H,15,17). The Labute approximate surface area is 104 Å². The number of nitrogens with one attached hydrogen (secondary N) is 1. The van der Waals surface area contributed by atoms with Gasteiger partial charge in [0.15, 0.2) is 4.77 Å². The predicted molar refractivity (Wildman–Crippen MR) is 70.5 cm³/mol. The lowest BCUT2D eigenvalue weighted by molar-refractivity contribution is 0.787. The molecule has 2 aromatic heterocycles. The van der Waals surface area contributed by atoms with Crippen molar-refractivity contribution in [2.24, 2.45) is 0 Å². The lowest BCUT2D eigenvalue weighted by atomic mass is 10.1. The molecule has 3 aromatic rings. The largest absolute Gasteiger partial charge is 0.337 e. The van der Waals surface area contributed by atoms with Crippen LogP contribution in [-0.4, -0.2) is 14.5 Å². The molecule has 0 amide bonds. The van der Waals surface area contributed by atoms with Crippen molar-refractivity contribution in [1.82, 2.24) is 14.5 Å². The number of hydrogen-bond acceptors (Lipinski definition) is 2. The smallest absolute Gasteiger partial charge is 0.177 e. The third-order valence-electron chi connectivity index (χ3n) is 2.78. The molecular formula is C13H11N3S. The van der Waals surface area contributed by atoms with Crippen molar-refractivity contribution in [1.29, 1.82) is 0 Å². The molecule has 0 saturated carbocycles. The Kier molecular flexibility index (Phi) is 2.49. The van der Waals surface area contributed by atoms with Crippen molar-refractivity contribution in [2.45, 2.75) is 6.54 Å². The van der Waals surface area contributed by atoms with E-state index in [1.54, 1.807) is 0 Å². The van der Waals surface area contributed by atoms with Gasteiger partial charge in [0, 0.05) is 24.0 Å². The van der Waals surface area contributed by atoms with E-state index in [9.17, 15) is 0 Å². The lowest BCUT2D eigenvalue weighted by Crippen LogP contribution is -1.99. The summed E-state index contributed by atoms with van der Waals surface area (Å²) < 4.78 is 2.73. The summed E-state index contributed by atoms with van der Waals surface area (Å²) >= 11 is 5.19. The monoisotopic (exact) mass is 241 g/mol. The molecule has 17 heavy (non-hydrogen) atoms. The van der Waals surface area contributed by atoms with Gasteiger partial charge in [0.25, 0.3) is 0 Å². The Morgan fingerprint density at radius 2 is 2.12 bits per heavy atom. The quantitative estimate of drug-likeness (QED) is 0.699. The zero-order valence-corrected chi connectivity index (χ0v) is 9.95. The molecule has 0 unspecified atom stereocenters. The maximum Gasteiger partial charge on any atom is 0.177 e. The van der Waals surface area contributed by atoms with E-state index in [1.165, 1.54) is 5.56 Å². The van der Waals surface area contributed by atoms with Crippen LogP contribution >= 0.6 is 12.2 Å². The highest BCUT2D eigenvalue weighted by Gasteiger charge is 2.02. The lowest BCUT2D eigenvalue weighted by Gasteiger charge is -2.06.